The normalized spacial score (nSPS) is 11.2. The summed E-state index contributed by atoms with van der Waals surface area (Å²) < 4.78 is 6.70. The summed E-state index contributed by atoms with van der Waals surface area (Å²) in [4.78, 5) is 0. The fourth-order valence-corrected chi connectivity index (χ4v) is 0.556. The van der Waals surface area contributed by atoms with Gasteiger partial charge in [-0.15, -0.1) is 0 Å². The third-order valence-electron chi connectivity index (χ3n) is 0.748. The molecule has 0 radical (unpaired) electrons. The van der Waals surface area contributed by atoms with Gasteiger partial charge in [0.2, 0.25) is 0 Å². The molecule has 0 saturated heterocycles. The van der Waals surface area contributed by atoms with Crippen LogP contribution in [0.3, 0.4) is 0 Å². The van der Waals surface area contributed by atoms with Crippen LogP contribution in [0.25, 0.3) is 0 Å². The van der Waals surface area contributed by atoms with Gasteiger partial charge >= 0.3 is 0 Å². The van der Waals surface area contributed by atoms with Crippen molar-refractivity contribution >= 4 is 12.5 Å². The second-order valence-electron chi connectivity index (χ2n) is 1.41. The van der Waals surface area contributed by atoms with Crippen LogP contribution in [0.1, 0.15) is 26.2 Å². The molecule has 0 fully saturated rings. The predicted molar refractivity (Wildman–Crippen MR) is 33.4 cm³/mol. The van der Waals surface area contributed by atoms with E-state index in [0.717, 1.165) is 5.75 Å². The molecule has 0 N–H and O–H groups in total. The van der Waals surface area contributed by atoms with Crippen molar-refractivity contribution in [3.8, 4) is 0 Å². The van der Waals surface area contributed by atoms with Crippen LogP contribution in [0.5, 0.6) is 0 Å². The van der Waals surface area contributed by atoms with E-state index in [9.17, 15) is 0 Å². The average Bonchev–Trinajstić information content (AvgIpc) is 1.69. The van der Waals surface area contributed by atoms with Gasteiger partial charge in [0.1, 0.15) is 1.12 Å². The molecule has 0 bridgehead atoms. The van der Waals surface area contributed by atoms with Crippen LogP contribution in [0.4, 0.5) is 0 Å². The van der Waals surface area contributed by atoms with Crippen LogP contribution in [-0.4, -0.2) is 6.88 Å². The molecular weight excluding hydrogens is 92.1 g/mol. The van der Waals surface area contributed by atoms with Gasteiger partial charge in [0, 0.05) is 0 Å². The Morgan fingerprint density at radius 2 is 2.50 bits per heavy atom. The molecule has 0 saturated carbocycles. The van der Waals surface area contributed by atoms with Crippen LogP contribution in [0, 0.1) is 0 Å². The number of hydrogen-bond donors (Lipinski definition) is 1. The first-order valence-corrected chi connectivity index (χ1v) is 3.07. The largest absolute Gasteiger partial charge is 0.179 e. The van der Waals surface area contributed by atoms with E-state index >= 15 is 0 Å². The van der Waals surface area contributed by atoms with Crippen LogP contribution in [0.15, 0.2) is 0 Å². The number of hydrogen-bond acceptors (Lipinski definition) is 1. The molecule has 0 aliphatic carbocycles. The van der Waals surface area contributed by atoms with Crippen molar-refractivity contribution in [1.82, 2.24) is 0 Å². The zero-order valence-corrected chi connectivity index (χ0v) is 5.05. The van der Waals surface area contributed by atoms with Gasteiger partial charge in [0.15, 0.2) is 0 Å². The maximum absolute atomic E-state index is 6.70. The Bertz CT molecular complexity index is 27.3. The zero-order chi connectivity index (χ0) is 5.54. The maximum atomic E-state index is 6.70. The van der Waals surface area contributed by atoms with Crippen molar-refractivity contribution < 1.29 is 0 Å². The summed E-state index contributed by atoms with van der Waals surface area (Å²) >= 11 is 1.19. The van der Waals surface area contributed by atoms with Gasteiger partial charge in [-0.25, -0.2) is 0 Å². The minimum Gasteiger partial charge on any atom is -0.179 e. The Morgan fingerprint density at radius 1 is 1.67 bits per heavy atom. The smallest absolute Gasteiger partial charge is 0.102 e. The molecule has 0 nitrogen and oxygen atoms in total. The van der Waals surface area contributed by atoms with Gasteiger partial charge in [0.25, 0.3) is 0 Å². The quantitative estimate of drug-likeness (QED) is 0.411. The fourth-order valence-electron chi connectivity index (χ4n) is 0.352. The van der Waals surface area contributed by atoms with Gasteiger partial charge in [-0.3, -0.25) is 0 Å². The van der Waals surface area contributed by atoms with Crippen molar-refractivity contribution in [1.29, 1.82) is 1.12 Å². The topological polar surface area (TPSA) is 0 Å². The third kappa shape index (κ3) is 4.35. The minimum absolute atomic E-state index is 1.01. The fraction of sp³-hybridized carbons (Fsp3) is 1.00. The van der Waals surface area contributed by atoms with E-state index in [1.165, 1.54) is 31.8 Å². The Hall–Kier alpha value is 0.350. The average molecular weight is 105 g/mol. The molecule has 0 aromatic carbocycles. The molecule has 0 atom stereocenters. The van der Waals surface area contributed by atoms with Crippen molar-refractivity contribution in [3.05, 3.63) is 0 Å². The van der Waals surface area contributed by atoms with Crippen molar-refractivity contribution in [2.24, 2.45) is 0 Å². The molecule has 0 aliphatic heterocycles. The molecule has 0 aromatic heterocycles. The van der Waals surface area contributed by atoms with Crippen molar-refractivity contribution in [3.63, 3.8) is 0 Å². The third-order valence-corrected chi connectivity index (χ3v) is 1.04. The molecular formula is C5H12S. The molecule has 0 aromatic rings. The Balaban J connectivity index is 2.45. The van der Waals surface area contributed by atoms with E-state index in [2.05, 4.69) is 6.92 Å². The lowest BCUT2D eigenvalue weighted by molar-refractivity contribution is 0.780. The summed E-state index contributed by atoms with van der Waals surface area (Å²) in [6.45, 7) is 2.18. The molecule has 1 heteroatoms. The SMILES string of the molecule is [2H]SCCCCC. The molecule has 0 amide bonds. The molecule has 0 spiro atoms. The Labute approximate surface area is 46.4 Å². The molecule has 0 heterocycles. The molecule has 6 heavy (non-hydrogen) atoms. The number of unbranched alkanes of at least 4 members (excludes halogenated alkanes) is 2. The van der Waals surface area contributed by atoms with Gasteiger partial charge in [0.05, 0.1) is 0 Å². The van der Waals surface area contributed by atoms with E-state index in [1.807, 2.05) is 0 Å². The summed E-state index contributed by atoms with van der Waals surface area (Å²) in [6.07, 6.45) is 3.76. The highest BCUT2D eigenvalue weighted by atomic mass is 32.1. The van der Waals surface area contributed by atoms with E-state index < -0.39 is 0 Å². The predicted octanol–water partition coefficient (Wildman–Crippen LogP) is 2.11. The standard InChI is InChI=1S/C5H12S/c1-2-3-4-5-6/h6H,2-5H2,1H3/i/hD. The summed E-state index contributed by atoms with van der Waals surface area (Å²) in [6, 6.07) is 0. The van der Waals surface area contributed by atoms with E-state index in [0.29, 0.717) is 0 Å². The van der Waals surface area contributed by atoms with Gasteiger partial charge in [-0.2, -0.15) is 12.5 Å². The van der Waals surface area contributed by atoms with Crippen LogP contribution < -0.4 is 0 Å². The second-order valence-corrected chi connectivity index (χ2v) is 1.82. The Kier molecular flexibility index (Phi) is 4.02. The molecule has 38 valence electrons. The van der Waals surface area contributed by atoms with Crippen LogP contribution >= 0.6 is 12.5 Å². The first-order chi connectivity index (χ1) is 3.41. The van der Waals surface area contributed by atoms with Crippen molar-refractivity contribution in [2.45, 2.75) is 26.2 Å². The Morgan fingerprint density at radius 3 is 3.00 bits per heavy atom. The lowest BCUT2D eigenvalue weighted by Crippen LogP contribution is -1.70. The summed E-state index contributed by atoms with van der Waals surface area (Å²) in [7, 11) is 0. The summed E-state index contributed by atoms with van der Waals surface area (Å²) in [5.41, 5.74) is 0. The summed E-state index contributed by atoms with van der Waals surface area (Å²) in [5.74, 6) is 1.01. The van der Waals surface area contributed by atoms with E-state index in [4.69, 9.17) is 1.12 Å². The highest BCUT2D eigenvalue weighted by Gasteiger charge is 1.75. The summed E-state index contributed by atoms with van der Waals surface area (Å²) in [5, 5.41) is 0. The second kappa shape index (κ2) is 5.35. The van der Waals surface area contributed by atoms with Crippen LogP contribution in [0.2, 0.25) is 0 Å². The highest BCUT2D eigenvalue weighted by Crippen LogP contribution is 1.93. The molecule has 0 rings (SSSR count). The lowest BCUT2D eigenvalue weighted by atomic mass is 10.3. The van der Waals surface area contributed by atoms with Gasteiger partial charge in [-0.1, -0.05) is 19.8 Å². The highest BCUT2D eigenvalue weighted by molar-refractivity contribution is 7.80. The molecule has 0 aliphatic rings. The monoisotopic (exact) mass is 105 g/mol. The zero-order valence-electron chi connectivity index (χ0n) is 5.24. The lowest BCUT2D eigenvalue weighted by Gasteiger charge is -1.85. The minimum atomic E-state index is 1.01. The first kappa shape index (κ1) is 4.51. The van der Waals surface area contributed by atoms with Gasteiger partial charge < -0.3 is 0 Å². The maximum Gasteiger partial charge on any atom is 0.102 e. The first-order valence-electron chi connectivity index (χ1n) is 2.90. The van der Waals surface area contributed by atoms with Gasteiger partial charge in [-0.05, 0) is 12.2 Å². The van der Waals surface area contributed by atoms with E-state index in [1.54, 1.807) is 0 Å². The van der Waals surface area contributed by atoms with Crippen molar-refractivity contribution in [2.75, 3.05) is 5.75 Å². The molecule has 0 unspecified atom stereocenters. The number of rotatable bonds is 4. The number of thiol groups is 1. The van der Waals surface area contributed by atoms with E-state index in [-0.39, 0.29) is 0 Å². The van der Waals surface area contributed by atoms with Crippen LogP contribution in [-0.2, 0) is 0 Å².